The molecule has 0 bridgehead atoms. The molecule has 0 spiro atoms. The normalized spacial score (nSPS) is 10.8. The molecule has 24 heavy (non-hydrogen) atoms. The number of hydrogen-bond donors (Lipinski definition) is 2. The van der Waals surface area contributed by atoms with Gasteiger partial charge in [-0.15, -0.1) is 0 Å². The summed E-state index contributed by atoms with van der Waals surface area (Å²) in [6.45, 7) is 0. The summed E-state index contributed by atoms with van der Waals surface area (Å²) in [5.74, 6) is -0.932. The van der Waals surface area contributed by atoms with E-state index in [0.29, 0.717) is 16.8 Å². The van der Waals surface area contributed by atoms with E-state index in [0.717, 1.165) is 6.26 Å². The van der Waals surface area contributed by atoms with Crippen LogP contribution in [-0.2, 0) is 14.8 Å². The lowest BCUT2D eigenvalue weighted by Crippen LogP contribution is -2.16. The van der Waals surface area contributed by atoms with Gasteiger partial charge in [-0.05, 0) is 36.4 Å². The van der Waals surface area contributed by atoms with E-state index in [1.54, 1.807) is 18.2 Å². The van der Waals surface area contributed by atoms with Crippen LogP contribution in [0.3, 0.4) is 0 Å². The first kappa shape index (κ1) is 17.5. The molecule has 2 aromatic carbocycles. The highest BCUT2D eigenvalue weighted by molar-refractivity contribution is 7.92. The van der Waals surface area contributed by atoms with E-state index in [1.807, 2.05) is 0 Å². The van der Waals surface area contributed by atoms with Crippen molar-refractivity contribution in [2.45, 2.75) is 0 Å². The van der Waals surface area contributed by atoms with Crippen LogP contribution in [0.2, 0.25) is 0 Å². The van der Waals surface area contributed by atoms with E-state index in [2.05, 4.69) is 14.8 Å². The monoisotopic (exact) mass is 348 g/mol. The van der Waals surface area contributed by atoms with Crippen molar-refractivity contribution in [3.8, 4) is 0 Å². The molecule has 0 aliphatic carbocycles. The lowest BCUT2D eigenvalue weighted by molar-refractivity contribution is 0.0600. The van der Waals surface area contributed by atoms with E-state index < -0.39 is 21.9 Å². The summed E-state index contributed by atoms with van der Waals surface area (Å²) >= 11 is 0. The lowest BCUT2D eigenvalue weighted by atomic mass is 10.1. The molecule has 0 aliphatic heterocycles. The zero-order valence-electron chi connectivity index (χ0n) is 13.1. The molecule has 0 saturated heterocycles. The molecular formula is C16H16N2O5S. The summed E-state index contributed by atoms with van der Waals surface area (Å²) in [5.41, 5.74) is 1.23. The van der Waals surface area contributed by atoms with Gasteiger partial charge in [-0.25, -0.2) is 13.2 Å². The van der Waals surface area contributed by atoms with Crippen molar-refractivity contribution in [3.05, 3.63) is 59.7 Å². The second-order valence-electron chi connectivity index (χ2n) is 4.94. The molecule has 1 amide bonds. The largest absolute Gasteiger partial charge is 0.465 e. The highest BCUT2D eigenvalue weighted by Crippen LogP contribution is 2.22. The number of amides is 1. The average Bonchev–Trinajstić information content (AvgIpc) is 2.54. The second kappa shape index (κ2) is 7.14. The number of nitrogens with one attached hydrogen (secondary N) is 2. The number of esters is 1. The van der Waals surface area contributed by atoms with E-state index in [4.69, 9.17) is 0 Å². The predicted molar refractivity (Wildman–Crippen MR) is 90.6 cm³/mol. The van der Waals surface area contributed by atoms with Crippen molar-refractivity contribution in [1.29, 1.82) is 0 Å². The molecule has 0 radical (unpaired) electrons. The third-order valence-electron chi connectivity index (χ3n) is 3.04. The Morgan fingerprint density at radius 2 is 1.46 bits per heavy atom. The number of ether oxygens (including phenoxy) is 1. The van der Waals surface area contributed by atoms with E-state index in [1.165, 1.54) is 37.4 Å². The number of rotatable bonds is 5. The smallest absolute Gasteiger partial charge is 0.337 e. The Labute approximate surface area is 139 Å². The molecule has 7 nitrogen and oxygen atoms in total. The first-order chi connectivity index (χ1) is 11.3. The Balaban J connectivity index is 2.20. The third kappa shape index (κ3) is 4.56. The SMILES string of the molecule is COC(=O)c1ccc(C(=O)Nc2ccccc2NS(C)(=O)=O)cc1. The summed E-state index contributed by atoms with van der Waals surface area (Å²) in [6, 6.07) is 12.3. The predicted octanol–water partition coefficient (Wildman–Crippen LogP) is 2.10. The number of para-hydroxylation sites is 2. The van der Waals surface area contributed by atoms with Crippen LogP contribution in [0.25, 0.3) is 0 Å². The molecule has 2 rings (SSSR count). The minimum absolute atomic E-state index is 0.263. The lowest BCUT2D eigenvalue weighted by Gasteiger charge is -2.12. The molecule has 0 unspecified atom stereocenters. The third-order valence-corrected chi connectivity index (χ3v) is 3.63. The van der Waals surface area contributed by atoms with Crippen molar-refractivity contribution >= 4 is 33.3 Å². The molecule has 126 valence electrons. The van der Waals surface area contributed by atoms with Crippen LogP contribution in [-0.4, -0.2) is 33.7 Å². The maximum Gasteiger partial charge on any atom is 0.337 e. The number of benzene rings is 2. The van der Waals surface area contributed by atoms with Gasteiger partial charge in [-0.2, -0.15) is 0 Å². The quantitative estimate of drug-likeness (QED) is 0.806. The molecule has 0 fully saturated rings. The molecule has 0 aromatic heterocycles. The summed E-state index contributed by atoms with van der Waals surface area (Å²) in [6.07, 6.45) is 1.02. The molecule has 0 aliphatic rings. The molecule has 0 atom stereocenters. The maximum atomic E-state index is 12.3. The van der Waals surface area contributed by atoms with Crippen LogP contribution in [0.5, 0.6) is 0 Å². The highest BCUT2D eigenvalue weighted by atomic mass is 32.2. The molecule has 2 aromatic rings. The Kier molecular flexibility index (Phi) is 5.20. The zero-order chi connectivity index (χ0) is 17.7. The number of carbonyl (C=O) groups is 2. The summed E-state index contributed by atoms with van der Waals surface area (Å²) in [5, 5.41) is 2.63. The number of anilines is 2. The van der Waals surface area contributed by atoms with Crippen molar-refractivity contribution in [2.24, 2.45) is 0 Å². The Bertz CT molecular complexity index is 860. The topological polar surface area (TPSA) is 102 Å². The van der Waals surface area contributed by atoms with Gasteiger partial charge in [0.1, 0.15) is 0 Å². The van der Waals surface area contributed by atoms with Crippen LogP contribution in [0.4, 0.5) is 11.4 Å². The van der Waals surface area contributed by atoms with Gasteiger partial charge in [-0.3, -0.25) is 9.52 Å². The Hall–Kier alpha value is -2.87. The fourth-order valence-electron chi connectivity index (χ4n) is 1.95. The average molecular weight is 348 g/mol. The van der Waals surface area contributed by atoms with Gasteiger partial charge >= 0.3 is 5.97 Å². The van der Waals surface area contributed by atoms with Crippen molar-refractivity contribution in [1.82, 2.24) is 0 Å². The van der Waals surface area contributed by atoms with Gasteiger partial charge in [0.15, 0.2) is 0 Å². The zero-order valence-corrected chi connectivity index (χ0v) is 13.9. The van der Waals surface area contributed by atoms with E-state index in [9.17, 15) is 18.0 Å². The number of hydrogen-bond acceptors (Lipinski definition) is 5. The number of methoxy groups -OCH3 is 1. The highest BCUT2D eigenvalue weighted by Gasteiger charge is 2.12. The first-order valence-electron chi connectivity index (χ1n) is 6.87. The molecule has 2 N–H and O–H groups in total. The second-order valence-corrected chi connectivity index (χ2v) is 6.69. The summed E-state index contributed by atoms with van der Waals surface area (Å²) in [4.78, 5) is 23.7. The van der Waals surface area contributed by atoms with Crippen molar-refractivity contribution in [2.75, 3.05) is 23.4 Å². The first-order valence-corrected chi connectivity index (χ1v) is 8.76. The Morgan fingerprint density at radius 1 is 0.917 bits per heavy atom. The number of sulfonamides is 1. The Morgan fingerprint density at radius 3 is 2.00 bits per heavy atom. The number of carbonyl (C=O) groups excluding carboxylic acids is 2. The van der Waals surface area contributed by atoms with E-state index in [-0.39, 0.29) is 5.69 Å². The van der Waals surface area contributed by atoms with Crippen molar-refractivity contribution in [3.63, 3.8) is 0 Å². The van der Waals surface area contributed by atoms with Gasteiger partial charge < -0.3 is 10.1 Å². The van der Waals surface area contributed by atoms with Crippen LogP contribution in [0, 0.1) is 0 Å². The minimum Gasteiger partial charge on any atom is -0.465 e. The van der Waals surface area contributed by atoms with Gasteiger partial charge in [0.2, 0.25) is 10.0 Å². The van der Waals surface area contributed by atoms with Crippen molar-refractivity contribution < 1.29 is 22.7 Å². The molecule has 8 heteroatoms. The van der Waals surface area contributed by atoms with Gasteiger partial charge in [0, 0.05) is 5.56 Å². The standard InChI is InChI=1S/C16H16N2O5S/c1-23-16(20)12-9-7-11(8-10-12)15(19)17-13-5-3-4-6-14(13)18-24(2,21)22/h3-10,18H,1-2H3,(H,17,19). The molecule has 0 heterocycles. The fourth-order valence-corrected chi connectivity index (χ4v) is 2.53. The maximum absolute atomic E-state index is 12.3. The van der Waals surface area contributed by atoms with Crippen LogP contribution in [0.15, 0.2) is 48.5 Å². The summed E-state index contributed by atoms with van der Waals surface area (Å²) in [7, 11) is -2.20. The summed E-state index contributed by atoms with van der Waals surface area (Å²) < 4.78 is 29.7. The van der Waals surface area contributed by atoms with Gasteiger partial charge in [-0.1, -0.05) is 12.1 Å². The van der Waals surface area contributed by atoms with Crippen LogP contribution < -0.4 is 10.0 Å². The van der Waals surface area contributed by atoms with Gasteiger partial charge in [0.25, 0.3) is 5.91 Å². The molecule has 0 saturated carbocycles. The van der Waals surface area contributed by atoms with Crippen LogP contribution in [0.1, 0.15) is 20.7 Å². The fraction of sp³-hybridized carbons (Fsp3) is 0.125. The van der Waals surface area contributed by atoms with E-state index >= 15 is 0 Å². The van der Waals surface area contributed by atoms with Crippen LogP contribution >= 0.6 is 0 Å². The van der Waals surface area contributed by atoms with Gasteiger partial charge in [0.05, 0.1) is 30.3 Å². The molecular weight excluding hydrogens is 332 g/mol. The minimum atomic E-state index is -3.47.